The normalized spacial score (nSPS) is 12.8. The van der Waals surface area contributed by atoms with Crippen LogP contribution in [0, 0.1) is 0 Å². The van der Waals surface area contributed by atoms with Crippen LogP contribution in [-0.2, 0) is 0 Å². The van der Waals surface area contributed by atoms with E-state index in [1.807, 2.05) is 30.3 Å². The fourth-order valence-electron chi connectivity index (χ4n) is 2.66. The Bertz CT molecular complexity index is 978. The highest BCUT2D eigenvalue weighted by molar-refractivity contribution is 6.03. The first kappa shape index (κ1) is 14.3. The van der Waals surface area contributed by atoms with Gasteiger partial charge in [0, 0.05) is 5.39 Å². The van der Waals surface area contributed by atoms with Crippen molar-refractivity contribution in [2.24, 2.45) is 0 Å². The second-order valence-corrected chi connectivity index (χ2v) is 5.36. The standard InChI is InChI=1S/C19H13NO4/c21-19(22)15-10-13(20-16-4-2-1-3-14(15)16)7-5-12-6-8-17-18(9-12)24-11-23-17/h1-10H,11H2,(H,21,22). The molecule has 0 saturated carbocycles. The van der Waals surface area contributed by atoms with Crippen LogP contribution in [0.2, 0.25) is 0 Å². The molecule has 2 heterocycles. The number of ether oxygens (including phenoxy) is 2. The number of hydrogen-bond acceptors (Lipinski definition) is 4. The van der Waals surface area contributed by atoms with E-state index in [-0.39, 0.29) is 12.4 Å². The molecule has 0 saturated heterocycles. The Kier molecular flexibility index (Phi) is 3.39. The molecule has 0 aliphatic carbocycles. The van der Waals surface area contributed by atoms with Crippen LogP contribution in [0.5, 0.6) is 11.5 Å². The van der Waals surface area contributed by atoms with E-state index in [4.69, 9.17) is 9.47 Å². The maximum atomic E-state index is 11.5. The molecule has 0 unspecified atom stereocenters. The summed E-state index contributed by atoms with van der Waals surface area (Å²) in [5, 5.41) is 10.0. The number of carbonyl (C=O) groups is 1. The number of carboxylic acid groups (broad SMARTS) is 1. The van der Waals surface area contributed by atoms with Gasteiger partial charge in [0.05, 0.1) is 16.8 Å². The zero-order valence-electron chi connectivity index (χ0n) is 12.6. The second-order valence-electron chi connectivity index (χ2n) is 5.36. The highest BCUT2D eigenvalue weighted by atomic mass is 16.7. The summed E-state index contributed by atoms with van der Waals surface area (Å²) in [4.78, 5) is 16.0. The smallest absolute Gasteiger partial charge is 0.336 e. The number of pyridine rings is 1. The van der Waals surface area contributed by atoms with Crippen LogP contribution in [0.25, 0.3) is 23.1 Å². The van der Waals surface area contributed by atoms with Gasteiger partial charge in [-0.25, -0.2) is 9.78 Å². The molecule has 1 N–H and O–H groups in total. The quantitative estimate of drug-likeness (QED) is 0.794. The van der Waals surface area contributed by atoms with Gasteiger partial charge >= 0.3 is 5.97 Å². The Hall–Kier alpha value is -3.34. The van der Waals surface area contributed by atoms with Crippen molar-refractivity contribution in [2.45, 2.75) is 0 Å². The molecule has 24 heavy (non-hydrogen) atoms. The van der Waals surface area contributed by atoms with E-state index >= 15 is 0 Å². The highest BCUT2D eigenvalue weighted by Crippen LogP contribution is 2.33. The average Bonchev–Trinajstić information content (AvgIpc) is 3.06. The maximum absolute atomic E-state index is 11.5. The van der Waals surface area contributed by atoms with Crippen LogP contribution in [0.15, 0.2) is 48.5 Å². The minimum Gasteiger partial charge on any atom is -0.478 e. The molecule has 118 valence electrons. The van der Waals surface area contributed by atoms with Crippen LogP contribution in [0.1, 0.15) is 21.6 Å². The van der Waals surface area contributed by atoms with E-state index in [2.05, 4.69) is 4.98 Å². The Morgan fingerprint density at radius 1 is 1.04 bits per heavy atom. The van der Waals surface area contributed by atoms with Crippen molar-refractivity contribution in [1.29, 1.82) is 0 Å². The van der Waals surface area contributed by atoms with Crippen molar-refractivity contribution < 1.29 is 19.4 Å². The van der Waals surface area contributed by atoms with Crippen molar-refractivity contribution >= 4 is 29.0 Å². The molecule has 4 rings (SSSR count). The summed E-state index contributed by atoms with van der Waals surface area (Å²) in [6, 6.07) is 14.4. The third-order valence-corrected chi connectivity index (χ3v) is 3.81. The highest BCUT2D eigenvalue weighted by Gasteiger charge is 2.13. The average molecular weight is 319 g/mol. The van der Waals surface area contributed by atoms with Crippen LogP contribution in [0.4, 0.5) is 0 Å². The van der Waals surface area contributed by atoms with Crippen LogP contribution in [-0.4, -0.2) is 22.9 Å². The predicted octanol–water partition coefficient (Wildman–Crippen LogP) is 3.83. The largest absolute Gasteiger partial charge is 0.478 e. The molecule has 1 aliphatic heterocycles. The summed E-state index contributed by atoms with van der Waals surface area (Å²) >= 11 is 0. The number of carboxylic acids is 1. The first-order chi connectivity index (χ1) is 11.7. The molecule has 0 amide bonds. The van der Waals surface area contributed by atoms with E-state index in [1.54, 1.807) is 30.3 Å². The Balaban J connectivity index is 1.73. The van der Waals surface area contributed by atoms with E-state index in [0.717, 1.165) is 11.3 Å². The Morgan fingerprint density at radius 3 is 2.75 bits per heavy atom. The van der Waals surface area contributed by atoms with E-state index in [1.165, 1.54) is 0 Å². The molecule has 3 aromatic rings. The number of para-hydroxylation sites is 1. The van der Waals surface area contributed by atoms with Gasteiger partial charge in [0.1, 0.15) is 0 Å². The van der Waals surface area contributed by atoms with Gasteiger partial charge in [-0.05, 0) is 35.9 Å². The summed E-state index contributed by atoms with van der Waals surface area (Å²) < 4.78 is 10.6. The summed E-state index contributed by atoms with van der Waals surface area (Å²) in [6.07, 6.45) is 3.65. The van der Waals surface area contributed by atoms with Gasteiger partial charge in [-0.1, -0.05) is 30.3 Å². The molecule has 1 aliphatic rings. The number of benzene rings is 2. The van der Waals surface area contributed by atoms with Crippen LogP contribution >= 0.6 is 0 Å². The molecule has 0 atom stereocenters. The molecule has 1 aromatic heterocycles. The predicted molar refractivity (Wildman–Crippen MR) is 90.2 cm³/mol. The first-order valence-electron chi connectivity index (χ1n) is 7.41. The lowest BCUT2D eigenvalue weighted by molar-refractivity contribution is 0.0699. The summed E-state index contributed by atoms with van der Waals surface area (Å²) in [5.41, 5.74) is 2.41. The number of hydrogen-bond donors (Lipinski definition) is 1. The van der Waals surface area contributed by atoms with E-state index in [0.29, 0.717) is 22.3 Å². The third-order valence-electron chi connectivity index (χ3n) is 3.81. The zero-order chi connectivity index (χ0) is 16.5. The monoisotopic (exact) mass is 319 g/mol. The summed E-state index contributed by atoms with van der Waals surface area (Å²) in [5.74, 6) is 0.463. The fourth-order valence-corrected chi connectivity index (χ4v) is 2.66. The number of fused-ring (bicyclic) bond motifs is 2. The first-order valence-corrected chi connectivity index (χ1v) is 7.41. The second kappa shape index (κ2) is 5.70. The maximum Gasteiger partial charge on any atom is 0.336 e. The number of nitrogens with zero attached hydrogens (tertiary/aromatic N) is 1. The zero-order valence-corrected chi connectivity index (χ0v) is 12.6. The lowest BCUT2D eigenvalue weighted by Gasteiger charge is -2.04. The lowest BCUT2D eigenvalue weighted by atomic mass is 10.1. The van der Waals surface area contributed by atoms with Gasteiger partial charge < -0.3 is 14.6 Å². The Morgan fingerprint density at radius 2 is 1.88 bits per heavy atom. The molecular formula is C19H13NO4. The molecular weight excluding hydrogens is 306 g/mol. The molecule has 5 nitrogen and oxygen atoms in total. The number of aromatic carboxylic acids is 1. The third kappa shape index (κ3) is 2.56. The minimum absolute atomic E-state index is 0.233. The van der Waals surface area contributed by atoms with Gasteiger partial charge in [0.25, 0.3) is 0 Å². The van der Waals surface area contributed by atoms with E-state index in [9.17, 15) is 9.90 Å². The Labute approximate surface area is 137 Å². The van der Waals surface area contributed by atoms with E-state index < -0.39 is 5.97 Å². The van der Waals surface area contributed by atoms with Gasteiger partial charge in [0.2, 0.25) is 6.79 Å². The molecule has 0 bridgehead atoms. The van der Waals surface area contributed by atoms with Crippen LogP contribution in [0.3, 0.4) is 0 Å². The molecule has 5 heteroatoms. The van der Waals surface area contributed by atoms with Gasteiger partial charge in [-0.3, -0.25) is 0 Å². The summed E-state index contributed by atoms with van der Waals surface area (Å²) in [7, 11) is 0. The van der Waals surface area contributed by atoms with Crippen molar-refractivity contribution in [2.75, 3.05) is 6.79 Å². The fraction of sp³-hybridized carbons (Fsp3) is 0.0526. The molecule has 0 spiro atoms. The van der Waals surface area contributed by atoms with Gasteiger partial charge in [-0.2, -0.15) is 0 Å². The van der Waals surface area contributed by atoms with Crippen molar-refractivity contribution in [3.05, 3.63) is 65.4 Å². The van der Waals surface area contributed by atoms with Crippen molar-refractivity contribution in [1.82, 2.24) is 4.98 Å². The molecule has 2 aromatic carbocycles. The molecule has 0 radical (unpaired) electrons. The topological polar surface area (TPSA) is 68.7 Å². The number of rotatable bonds is 3. The molecule has 0 fully saturated rings. The van der Waals surface area contributed by atoms with Crippen LogP contribution < -0.4 is 9.47 Å². The van der Waals surface area contributed by atoms with Gasteiger partial charge in [-0.15, -0.1) is 0 Å². The minimum atomic E-state index is -0.966. The van der Waals surface area contributed by atoms with Gasteiger partial charge in [0.15, 0.2) is 11.5 Å². The van der Waals surface area contributed by atoms with Crippen molar-refractivity contribution in [3.63, 3.8) is 0 Å². The number of aromatic nitrogens is 1. The SMILES string of the molecule is O=C(O)c1cc(C=Cc2ccc3c(c2)OCO3)nc2ccccc12. The summed E-state index contributed by atoms with van der Waals surface area (Å²) in [6.45, 7) is 0.233. The lowest BCUT2D eigenvalue weighted by Crippen LogP contribution is -2.00. The van der Waals surface area contributed by atoms with Crippen molar-refractivity contribution in [3.8, 4) is 11.5 Å².